The van der Waals surface area contributed by atoms with Gasteiger partial charge in [-0.25, -0.2) is 0 Å². The summed E-state index contributed by atoms with van der Waals surface area (Å²) in [5, 5.41) is 0.620. The third kappa shape index (κ3) is 1.91. The van der Waals surface area contributed by atoms with E-state index in [9.17, 15) is 4.79 Å². The molecule has 1 amide bonds. The molecule has 0 aromatic carbocycles. The van der Waals surface area contributed by atoms with Gasteiger partial charge in [-0.1, -0.05) is 0 Å². The van der Waals surface area contributed by atoms with E-state index in [4.69, 9.17) is 5.73 Å². The first-order valence-electron chi connectivity index (χ1n) is 5.27. The lowest BCUT2D eigenvalue weighted by Crippen LogP contribution is -2.50. The Kier molecular flexibility index (Phi) is 2.75. The number of hydrogen-bond donors (Lipinski definition) is 1. The fraction of sp³-hybridized carbons (Fsp3) is 0.900. The van der Waals surface area contributed by atoms with Gasteiger partial charge >= 0.3 is 0 Å². The number of carbonyl (C=O) groups excluding carboxylic acids is 1. The normalized spacial score (nSPS) is 30.1. The second-order valence-corrected chi connectivity index (χ2v) is 5.55. The molecule has 1 heterocycles. The molecule has 1 saturated carbocycles. The maximum absolute atomic E-state index is 11.9. The number of amides is 1. The molecule has 80 valence electrons. The van der Waals surface area contributed by atoms with Crippen LogP contribution in [0.2, 0.25) is 0 Å². The predicted octanol–water partition coefficient (Wildman–Crippen LogP) is 0.832. The van der Waals surface area contributed by atoms with Gasteiger partial charge in [0.15, 0.2) is 0 Å². The molecule has 0 aromatic rings. The largest absolute Gasteiger partial charge is 0.340 e. The molecular formula is C10H18N2OS. The zero-order valence-electron chi connectivity index (χ0n) is 8.66. The van der Waals surface area contributed by atoms with E-state index in [-0.39, 0.29) is 5.91 Å². The molecule has 0 bridgehead atoms. The molecule has 4 heteroatoms. The van der Waals surface area contributed by atoms with Crippen LogP contribution in [0.1, 0.15) is 25.7 Å². The van der Waals surface area contributed by atoms with Gasteiger partial charge in [-0.15, -0.1) is 0 Å². The number of rotatable bonds is 2. The van der Waals surface area contributed by atoms with Gasteiger partial charge in [-0.2, -0.15) is 11.8 Å². The van der Waals surface area contributed by atoms with E-state index >= 15 is 0 Å². The Bertz CT molecular complexity index is 240. The van der Waals surface area contributed by atoms with Gasteiger partial charge in [0.25, 0.3) is 0 Å². The van der Waals surface area contributed by atoms with Crippen LogP contribution < -0.4 is 5.73 Å². The molecule has 1 aliphatic heterocycles. The van der Waals surface area contributed by atoms with Gasteiger partial charge in [0.2, 0.25) is 5.91 Å². The topological polar surface area (TPSA) is 46.3 Å². The van der Waals surface area contributed by atoms with Crippen LogP contribution in [0.3, 0.4) is 0 Å². The molecule has 0 aromatic heterocycles. The van der Waals surface area contributed by atoms with E-state index < -0.39 is 5.54 Å². The highest BCUT2D eigenvalue weighted by Gasteiger charge is 2.48. The molecule has 3 nitrogen and oxygen atoms in total. The first-order chi connectivity index (χ1) is 6.65. The molecular weight excluding hydrogens is 196 g/mol. The predicted molar refractivity (Wildman–Crippen MR) is 59.3 cm³/mol. The third-order valence-corrected chi connectivity index (χ3v) is 4.26. The second kappa shape index (κ2) is 3.74. The number of nitrogens with two attached hydrogens (primary N) is 1. The number of nitrogens with zero attached hydrogens (tertiary/aromatic N) is 1. The maximum Gasteiger partial charge on any atom is 0.242 e. The summed E-state index contributed by atoms with van der Waals surface area (Å²) >= 11 is 1.86. The third-order valence-electron chi connectivity index (χ3n) is 3.21. The molecule has 2 N–H and O–H groups in total. The Morgan fingerprint density at radius 1 is 1.57 bits per heavy atom. The van der Waals surface area contributed by atoms with Crippen molar-refractivity contribution in [3.63, 3.8) is 0 Å². The fourth-order valence-corrected chi connectivity index (χ4v) is 2.71. The average Bonchev–Trinajstić information content (AvgIpc) is 2.97. The smallest absolute Gasteiger partial charge is 0.242 e. The standard InChI is InChI=1S/C10H18N2OS/c1-14-8-3-2-6-12(7-8)9(13)10(11)4-5-10/h8H,2-7,11H2,1H3. The van der Waals surface area contributed by atoms with E-state index in [1.807, 2.05) is 16.7 Å². The molecule has 1 aliphatic carbocycles. The van der Waals surface area contributed by atoms with Crippen molar-refractivity contribution in [3.8, 4) is 0 Å². The average molecular weight is 214 g/mol. The molecule has 0 spiro atoms. The van der Waals surface area contributed by atoms with E-state index in [0.717, 1.165) is 32.4 Å². The molecule has 14 heavy (non-hydrogen) atoms. The van der Waals surface area contributed by atoms with Crippen molar-refractivity contribution in [1.82, 2.24) is 4.90 Å². The minimum Gasteiger partial charge on any atom is -0.340 e. The Labute approximate surface area is 89.4 Å². The molecule has 2 fully saturated rings. The van der Waals surface area contributed by atoms with E-state index in [1.165, 1.54) is 6.42 Å². The zero-order valence-corrected chi connectivity index (χ0v) is 9.48. The molecule has 2 aliphatic rings. The van der Waals surface area contributed by atoms with Crippen molar-refractivity contribution in [3.05, 3.63) is 0 Å². The van der Waals surface area contributed by atoms with Gasteiger partial charge in [0.05, 0.1) is 5.54 Å². The van der Waals surface area contributed by atoms with Crippen molar-refractivity contribution >= 4 is 17.7 Å². The van der Waals surface area contributed by atoms with E-state index in [0.29, 0.717) is 5.25 Å². The van der Waals surface area contributed by atoms with Gasteiger partial charge in [-0.05, 0) is 31.9 Å². The summed E-state index contributed by atoms with van der Waals surface area (Å²) in [5.41, 5.74) is 5.44. The number of likely N-dealkylation sites (tertiary alicyclic amines) is 1. The van der Waals surface area contributed by atoms with Crippen molar-refractivity contribution < 1.29 is 4.79 Å². The van der Waals surface area contributed by atoms with Crippen LogP contribution in [0.15, 0.2) is 0 Å². The van der Waals surface area contributed by atoms with Crippen LogP contribution in [0, 0.1) is 0 Å². The lowest BCUT2D eigenvalue weighted by molar-refractivity contribution is -0.134. The summed E-state index contributed by atoms with van der Waals surface area (Å²) in [6, 6.07) is 0. The highest BCUT2D eigenvalue weighted by molar-refractivity contribution is 7.99. The summed E-state index contributed by atoms with van der Waals surface area (Å²) in [6.07, 6.45) is 6.25. The lowest BCUT2D eigenvalue weighted by Gasteiger charge is -2.33. The van der Waals surface area contributed by atoms with Crippen LogP contribution >= 0.6 is 11.8 Å². The van der Waals surface area contributed by atoms with Crippen LogP contribution in [0.5, 0.6) is 0 Å². The van der Waals surface area contributed by atoms with E-state index in [2.05, 4.69) is 6.26 Å². The highest BCUT2D eigenvalue weighted by atomic mass is 32.2. The van der Waals surface area contributed by atoms with Crippen LogP contribution in [-0.2, 0) is 4.79 Å². The zero-order chi connectivity index (χ0) is 10.2. The van der Waals surface area contributed by atoms with Gasteiger partial charge in [-0.3, -0.25) is 4.79 Å². The first-order valence-corrected chi connectivity index (χ1v) is 6.55. The highest BCUT2D eigenvalue weighted by Crippen LogP contribution is 2.35. The Hall–Kier alpha value is -0.220. The van der Waals surface area contributed by atoms with Crippen molar-refractivity contribution in [2.24, 2.45) is 5.73 Å². The molecule has 1 unspecified atom stereocenters. The minimum absolute atomic E-state index is 0.191. The number of carbonyl (C=O) groups is 1. The van der Waals surface area contributed by atoms with Crippen molar-refractivity contribution in [2.45, 2.75) is 36.5 Å². The molecule has 0 radical (unpaired) electrons. The number of hydrogen-bond acceptors (Lipinski definition) is 3. The summed E-state index contributed by atoms with van der Waals surface area (Å²) in [7, 11) is 0. The quantitative estimate of drug-likeness (QED) is 0.740. The van der Waals surface area contributed by atoms with Gasteiger partial charge < -0.3 is 10.6 Å². The number of thioether (sulfide) groups is 1. The minimum atomic E-state index is -0.472. The Morgan fingerprint density at radius 2 is 2.29 bits per heavy atom. The first kappa shape index (κ1) is 10.3. The monoisotopic (exact) mass is 214 g/mol. The molecule has 1 saturated heterocycles. The van der Waals surface area contributed by atoms with E-state index in [1.54, 1.807) is 0 Å². The van der Waals surface area contributed by atoms with Gasteiger partial charge in [0.1, 0.15) is 0 Å². The van der Waals surface area contributed by atoms with Crippen LogP contribution in [0.4, 0.5) is 0 Å². The molecule has 1 atom stereocenters. The van der Waals surface area contributed by atoms with Gasteiger partial charge in [0, 0.05) is 18.3 Å². The van der Waals surface area contributed by atoms with Crippen molar-refractivity contribution in [2.75, 3.05) is 19.3 Å². The lowest BCUT2D eigenvalue weighted by atomic mass is 10.1. The summed E-state index contributed by atoms with van der Waals surface area (Å²) in [5.74, 6) is 0.191. The summed E-state index contributed by atoms with van der Waals surface area (Å²) < 4.78 is 0. The Balaban J connectivity index is 1.93. The van der Waals surface area contributed by atoms with Crippen LogP contribution in [0.25, 0.3) is 0 Å². The Morgan fingerprint density at radius 3 is 2.86 bits per heavy atom. The van der Waals surface area contributed by atoms with Crippen LogP contribution in [-0.4, -0.2) is 40.9 Å². The number of piperidine rings is 1. The summed E-state index contributed by atoms with van der Waals surface area (Å²) in [6.45, 7) is 1.81. The summed E-state index contributed by atoms with van der Waals surface area (Å²) in [4.78, 5) is 13.9. The maximum atomic E-state index is 11.9. The fourth-order valence-electron chi connectivity index (χ4n) is 1.98. The molecule has 2 rings (SSSR count). The second-order valence-electron chi connectivity index (χ2n) is 4.41. The SMILES string of the molecule is CSC1CCCN(C(=O)C2(N)CC2)C1. The van der Waals surface area contributed by atoms with Crippen molar-refractivity contribution in [1.29, 1.82) is 0 Å².